The van der Waals surface area contributed by atoms with Gasteiger partial charge in [-0.2, -0.15) is 11.8 Å². The first-order chi connectivity index (χ1) is 9.15. The van der Waals surface area contributed by atoms with E-state index in [4.69, 9.17) is 0 Å². The van der Waals surface area contributed by atoms with Gasteiger partial charge in [0.1, 0.15) is 5.82 Å². The molecule has 1 rings (SSSR count). The average molecular weight is 283 g/mol. The summed E-state index contributed by atoms with van der Waals surface area (Å²) in [5, 5.41) is 4.27. The van der Waals surface area contributed by atoms with Gasteiger partial charge in [0.2, 0.25) is 0 Å². The molecule has 2 unspecified atom stereocenters. The Bertz CT molecular complexity index is 356. The minimum absolute atomic E-state index is 0.138. The van der Waals surface area contributed by atoms with Crippen molar-refractivity contribution in [3.63, 3.8) is 0 Å². The summed E-state index contributed by atoms with van der Waals surface area (Å²) in [4.78, 5) is 0. The molecule has 0 spiro atoms. The Balaban J connectivity index is 2.53. The van der Waals surface area contributed by atoms with Gasteiger partial charge in [-0.3, -0.25) is 0 Å². The van der Waals surface area contributed by atoms with E-state index < -0.39 is 0 Å². The lowest BCUT2D eigenvalue weighted by Crippen LogP contribution is -2.34. The molecule has 108 valence electrons. The normalized spacial score (nSPS) is 14.3. The fourth-order valence-corrected chi connectivity index (χ4v) is 2.92. The number of thioether (sulfide) groups is 1. The Morgan fingerprint density at radius 1 is 1.32 bits per heavy atom. The van der Waals surface area contributed by atoms with Crippen molar-refractivity contribution in [3.8, 4) is 0 Å². The SMILES string of the molecule is CCCNC(CSC(C)CC)Cc1cccc(F)c1. The van der Waals surface area contributed by atoms with Crippen LogP contribution in [0.2, 0.25) is 0 Å². The maximum Gasteiger partial charge on any atom is 0.123 e. The molecule has 3 heteroatoms. The molecule has 0 aliphatic carbocycles. The zero-order chi connectivity index (χ0) is 14.1. The predicted octanol–water partition coefficient (Wildman–Crippen LogP) is 4.27. The molecule has 19 heavy (non-hydrogen) atoms. The average Bonchev–Trinajstić information content (AvgIpc) is 2.41. The molecule has 0 heterocycles. The van der Waals surface area contributed by atoms with Crippen molar-refractivity contribution >= 4 is 11.8 Å². The number of benzene rings is 1. The molecule has 1 aromatic rings. The Morgan fingerprint density at radius 2 is 2.11 bits per heavy atom. The summed E-state index contributed by atoms with van der Waals surface area (Å²) in [6.45, 7) is 7.69. The molecule has 1 nitrogen and oxygen atoms in total. The van der Waals surface area contributed by atoms with Crippen LogP contribution >= 0.6 is 11.8 Å². The van der Waals surface area contributed by atoms with Crippen LogP contribution in [0.3, 0.4) is 0 Å². The molecule has 1 N–H and O–H groups in total. The zero-order valence-electron chi connectivity index (χ0n) is 12.3. The molecule has 0 fully saturated rings. The third kappa shape index (κ3) is 6.98. The molecule has 0 radical (unpaired) electrons. The van der Waals surface area contributed by atoms with Crippen LogP contribution in [0.25, 0.3) is 0 Å². The summed E-state index contributed by atoms with van der Waals surface area (Å²) < 4.78 is 13.2. The summed E-state index contributed by atoms with van der Waals surface area (Å²) in [6.07, 6.45) is 3.24. The number of halogens is 1. The quantitative estimate of drug-likeness (QED) is 0.726. The van der Waals surface area contributed by atoms with E-state index in [1.54, 1.807) is 12.1 Å². The summed E-state index contributed by atoms with van der Waals surface area (Å²) >= 11 is 2.00. The second-order valence-electron chi connectivity index (χ2n) is 5.04. The molecule has 0 aromatic heterocycles. The van der Waals surface area contributed by atoms with Crippen molar-refractivity contribution in [2.45, 2.75) is 51.3 Å². The first-order valence-corrected chi connectivity index (χ1v) is 8.30. The molecule has 0 aliphatic rings. The summed E-state index contributed by atoms with van der Waals surface area (Å²) in [7, 11) is 0. The molecule has 0 aliphatic heterocycles. The van der Waals surface area contributed by atoms with Crippen LogP contribution in [0.4, 0.5) is 4.39 Å². The standard InChI is InChI=1S/C16H26FNS/c1-4-9-18-16(12-19-13(3)5-2)11-14-7-6-8-15(17)10-14/h6-8,10,13,16,18H,4-5,9,11-12H2,1-3H3. The minimum atomic E-state index is -0.138. The van der Waals surface area contributed by atoms with Crippen molar-refractivity contribution in [1.29, 1.82) is 0 Å². The van der Waals surface area contributed by atoms with Gasteiger partial charge < -0.3 is 5.32 Å². The summed E-state index contributed by atoms with van der Waals surface area (Å²) in [6, 6.07) is 7.39. The van der Waals surface area contributed by atoms with Crippen molar-refractivity contribution in [1.82, 2.24) is 5.32 Å². The first-order valence-electron chi connectivity index (χ1n) is 7.25. The lowest BCUT2D eigenvalue weighted by atomic mass is 10.1. The molecule has 0 bridgehead atoms. The highest BCUT2D eigenvalue weighted by Crippen LogP contribution is 2.17. The summed E-state index contributed by atoms with van der Waals surface area (Å²) in [5.41, 5.74) is 1.08. The van der Waals surface area contributed by atoms with Crippen LogP contribution in [0.1, 0.15) is 39.2 Å². The molecule has 0 saturated carbocycles. The van der Waals surface area contributed by atoms with E-state index in [1.165, 1.54) is 12.5 Å². The van der Waals surface area contributed by atoms with E-state index in [0.717, 1.165) is 30.7 Å². The van der Waals surface area contributed by atoms with E-state index in [1.807, 2.05) is 17.8 Å². The van der Waals surface area contributed by atoms with Gasteiger partial charge in [-0.1, -0.05) is 32.9 Å². The molecular weight excluding hydrogens is 257 g/mol. The van der Waals surface area contributed by atoms with E-state index in [2.05, 4.69) is 26.1 Å². The van der Waals surface area contributed by atoms with E-state index in [9.17, 15) is 4.39 Å². The Morgan fingerprint density at radius 3 is 2.74 bits per heavy atom. The van der Waals surface area contributed by atoms with E-state index in [0.29, 0.717) is 11.3 Å². The van der Waals surface area contributed by atoms with E-state index >= 15 is 0 Å². The van der Waals surface area contributed by atoms with E-state index in [-0.39, 0.29) is 5.82 Å². The third-order valence-corrected chi connectivity index (χ3v) is 4.71. The first kappa shape index (κ1) is 16.5. The minimum Gasteiger partial charge on any atom is -0.313 e. The molecule has 0 amide bonds. The van der Waals surface area contributed by atoms with Gasteiger partial charge in [-0.05, 0) is 43.5 Å². The molecule has 1 aromatic carbocycles. The van der Waals surface area contributed by atoms with Gasteiger partial charge >= 0.3 is 0 Å². The maximum atomic E-state index is 13.2. The zero-order valence-corrected chi connectivity index (χ0v) is 13.1. The van der Waals surface area contributed by atoms with Gasteiger partial charge in [0.25, 0.3) is 0 Å². The summed E-state index contributed by atoms with van der Waals surface area (Å²) in [5.74, 6) is 0.951. The highest BCUT2D eigenvalue weighted by Gasteiger charge is 2.11. The van der Waals surface area contributed by atoms with Gasteiger partial charge in [0.15, 0.2) is 0 Å². The Hall–Kier alpha value is -0.540. The second-order valence-corrected chi connectivity index (χ2v) is 6.51. The number of rotatable bonds is 9. The van der Waals surface area contributed by atoms with Crippen molar-refractivity contribution in [3.05, 3.63) is 35.6 Å². The second kappa shape index (κ2) is 9.38. The largest absolute Gasteiger partial charge is 0.313 e. The third-order valence-electron chi connectivity index (χ3n) is 3.21. The molecular formula is C16H26FNS. The number of hydrogen-bond donors (Lipinski definition) is 1. The molecule has 2 atom stereocenters. The highest BCUT2D eigenvalue weighted by molar-refractivity contribution is 7.99. The van der Waals surface area contributed by atoms with Crippen LogP contribution < -0.4 is 5.32 Å². The Kier molecular flexibility index (Phi) is 8.15. The van der Waals surface area contributed by atoms with Gasteiger partial charge in [0, 0.05) is 17.0 Å². The topological polar surface area (TPSA) is 12.0 Å². The number of hydrogen-bond acceptors (Lipinski definition) is 2. The van der Waals surface area contributed by atoms with Crippen LogP contribution in [0.5, 0.6) is 0 Å². The lowest BCUT2D eigenvalue weighted by molar-refractivity contribution is 0.547. The van der Waals surface area contributed by atoms with Gasteiger partial charge in [0.05, 0.1) is 0 Å². The Labute approximate surface area is 121 Å². The molecule has 0 saturated heterocycles. The highest BCUT2D eigenvalue weighted by atomic mass is 32.2. The fourth-order valence-electron chi connectivity index (χ4n) is 1.89. The van der Waals surface area contributed by atoms with Crippen LogP contribution in [0.15, 0.2) is 24.3 Å². The van der Waals surface area contributed by atoms with Crippen LogP contribution in [-0.2, 0) is 6.42 Å². The lowest BCUT2D eigenvalue weighted by Gasteiger charge is -2.20. The maximum absolute atomic E-state index is 13.2. The number of nitrogens with one attached hydrogen (secondary N) is 1. The van der Waals surface area contributed by atoms with Crippen molar-refractivity contribution in [2.24, 2.45) is 0 Å². The van der Waals surface area contributed by atoms with Crippen LogP contribution in [0, 0.1) is 5.82 Å². The fraction of sp³-hybridized carbons (Fsp3) is 0.625. The monoisotopic (exact) mass is 283 g/mol. The van der Waals surface area contributed by atoms with Gasteiger partial charge in [-0.15, -0.1) is 0 Å². The predicted molar refractivity (Wildman–Crippen MR) is 84.4 cm³/mol. The van der Waals surface area contributed by atoms with Crippen LogP contribution in [-0.4, -0.2) is 23.6 Å². The van der Waals surface area contributed by atoms with Gasteiger partial charge in [-0.25, -0.2) is 4.39 Å². The van der Waals surface area contributed by atoms with Crippen molar-refractivity contribution in [2.75, 3.05) is 12.3 Å². The van der Waals surface area contributed by atoms with Crippen molar-refractivity contribution < 1.29 is 4.39 Å². The smallest absolute Gasteiger partial charge is 0.123 e.